The Morgan fingerprint density at radius 1 is 1.15 bits per heavy atom. The fourth-order valence-corrected chi connectivity index (χ4v) is 4.61. The number of hydrogen-bond acceptors (Lipinski definition) is 4. The van der Waals surface area contributed by atoms with Crippen LogP contribution in [0.3, 0.4) is 0 Å². The minimum Gasteiger partial charge on any atom is -0.274 e. The highest BCUT2D eigenvalue weighted by Crippen LogP contribution is 2.36. The first kappa shape index (κ1) is 19.5. The number of aromatic nitrogens is 1. The van der Waals surface area contributed by atoms with Crippen molar-refractivity contribution in [1.29, 1.82) is 0 Å². The fourth-order valence-electron chi connectivity index (χ4n) is 2.66. The van der Waals surface area contributed by atoms with E-state index in [1.165, 1.54) is 48.2 Å². The molecule has 0 aliphatic carbocycles. The number of benzene rings is 2. The van der Waals surface area contributed by atoms with Crippen LogP contribution in [0.5, 0.6) is 0 Å². The number of carbonyl (C=O) groups excluding carboxylic acids is 1. The van der Waals surface area contributed by atoms with Gasteiger partial charge in [0.2, 0.25) is 5.91 Å². The lowest BCUT2D eigenvalue weighted by atomic mass is 10.1. The van der Waals surface area contributed by atoms with Gasteiger partial charge in [0.15, 0.2) is 5.13 Å². The molecule has 0 bridgehead atoms. The Bertz CT molecular complexity index is 910. The molecule has 27 heavy (non-hydrogen) atoms. The molecule has 0 radical (unpaired) electrons. The predicted octanol–water partition coefficient (Wildman–Crippen LogP) is 6.10. The first-order chi connectivity index (χ1) is 13.0. The molecule has 0 spiro atoms. The Labute approximate surface area is 165 Å². The molecule has 140 valence electrons. The van der Waals surface area contributed by atoms with E-state index in [1.807, 2.05) is 35.7 Å². The van der Waals surface area contributed by atoms with Gasteiger partial charge >= 0.3 is 0 Å². The second kappa shape index (κ2) is 8.63. The number of amides is 1. The zero-order valence-corrected chi connectivity index (χ0v) is 16.5. The molecular weight excluding hydrogens is 386 g/mol. The predicted molar refractivity (Wildman–Crippen MR) is 107 cm³/mol. The van der Waals surface area contributed by atoms with Crippen molar-refractivity contribution in [2.75, 3.05) is 4.90 Å². The van der Waals surface area contributed by atoms with Crippen molar-refractivity contribution in [1.82, 2.24) is 4.98 Å². The highest BCUT2D eigenvalue weighted by Gasteiger charge is 2.19. The van der Waals surface area contributed by atoms with E-state index < -0.39 is 11.6 Å². The number of halogens is 2. The number of thiazole rings is 1. The van der Waals surface area contributed by atoms with Crippen LogP contribution in [-0.2, 0) is 10.5 Å². The molecule has 3 rings (SSSR count). The van der Waals surface area contributed by atoms with E-state index >= 15 is 0 Å². The molecule has 0 aliphatic heterocycles. The Morgan fingerprint density at radius 3 is 2.44 bits per heavy atom. The number of rotatable bonds is 6. The molecule has 0 saturated heterocycles. The molecule has 7 heteroatoms. The van der Waals surface area contributed by atoms with E-state index in [9.17, 15) is 13.6 Å². The van der Waals surface area contributed by atoms with E-state index in [0.29, 0.717) is 10.9 Å². The number of carbonyl (C=O) groups is 1. The largest absolute Gasteiger partial charge is 0.274 e. The fraction of sp³-hybridized carbons (Fsp3) is 0.200. The molecule has 1 heterocycles. The van der Waals surface area contributed by atoms with E-state index in [-0.39, 0.29) is 16.7 Å². The molecule has 1 atom stereocenters. The zero-order valence-electron chi connectivity index (χ0n) is 14.9. The van der Waals surface area contributed by atoms with Crippen LogP contribution in [-0.4, -0.2) is 10.9 Å². The number of thioether (sulfide) groups is 1. The van der Waals surface area contributed by atoms with Gasteiger partial charge in [-0.05, 0) is 31.2 Å². The second-order valence-electron chi connectivity index (χ2n) is 5.90. The minimum atomic E-state index is -0.541. The van der Waals surface area contributed by atoms with Crippen molar-refractivity contribution in [2.45, 2.75) is 24.9 Å². The third kappa shape index (κ3) is 4.54. The lowest BCUT2D eigenvalue weighted by molar-refractivity contribution is -0.115. The summed E-state index contributed by atoms with van der Waals surface area (Å²) in [5.74, 6) is -0.718. The Kier molecular flexibility index (Phi) is 6.23. The van der Waals surface area contributed by atoms with Crippen LogP contribution < -0.4 is 4.90 Å². The van der Waals surface area contributed by atoms with Crippen molar-refractivity contribution in [3.05, 3.63) is 76.8 Å². The summed E-state index contributed by atoms with van der Waals surface area (Å²) in [6.07, 6.45) is 0. The van der Waals surface area contributed by atoms with Crippen molar-refractivity contribution < 1.29 is 13.6 Å². The Hall–Kier alpha value is -2.25. The molecule has 2 aromatic carbocycles. The van der Waals surface area contributed by atoms with Crippen LogP contribution >= 0.6 is 23.1 Å². The summed E-state index contributed by atoms with van der Waals surface area (Å²) >= 11 is 2.77. The SMILES string of the molecule is CC(=O)N(c1ccccc1)c1nc(CSC(C)c2c(F)cccc2F)cs1. The van der Waals surface area contributed by atoms with Gasteiger partial charge in [-0.3, -0.25) is 9.69 Å². The van der Waals surface area contributed by atoms with E-state index in [2.05, 4.69) is 4.98 Å². The van der Waals surface area contributed by atoms with Gasteiger partial charge in [0.1, 0.15) is 11.6 Å². The zero-order chi connectivity index (χ0) is 19.4. The molecule has 0 aliphatic rings. The number of nitrogens with zero attached hydrogens (tertiary/aromatic N) is 2. The normalized spacial score (nSPS) is 12.0. The highest BCUT2D eigenvalue weighted by molar-refractivity contribution is 7.98. The van der Waals surface area contributed by atoms with Crippen molar-refractivity contribution in [3.63, 3.8) is 0 Å². The summed E-state index contributed by atoms with van der Waals surface area (Å²) < 4.78 is 27.8. The highest BCUT2D eigenvalue weighted by atomic mass is 32.2. The summed E-state index contributed by atoms with van der Waals surface area (Å²) in [4.78, 5) is 18.2. The smallest absolute Gasteiger partial charge is 0.230 e. The Morgan fingerprint density at radius 2 is 1.81 bits per heavy atom. The average Bonchev–Trinajstić information content (AvgIpc) is 3.09. The molecule has 1 aromatic heterocycles. The average molecular weight is 405 g/mol. The van der Waals surface area contributed by atoms with E-state index in [1.54, 1.807) is 11.8 Å². The van der Waals surface area contributed by atoms with Gasteiger partial charge in [0, 0.05) is 28.9 Å². The van der Waals surface area contributed by atoms with Crippen molar-refractivity contribution in [3.8, 4) is 0 Å². The Balaban J connectivity index is 1.73. The van der Waals surface area contributed by atoms with Crippen molar-refractivity contribution >= 4 is 39.8 Å². The molecule has 0 N–H and O–H groups in total. The monoisotopic (exact) mass is 404 g/mol. The molecule has 3 aromatic rings. The quantitative estimate of drug-likeness (QED) is 0.498. The van der Waals surface area contributed by atoms with Gasteiger partial charge in [0.05, 0.1) is 11.4 Å². The maximum atomic E-state index is 13.9. The van der Waals surface area contributed by atoms with E-state index in [0.717, 1.165) is 11.4 Å². The molecule has 1 unspecified atom stereocenters. The second-order valence-corrected chi connectivity index (χ2v) is 8.07. The third-order valence-electron chi connectivity index (χ3n) is 3.95. The minimum absolute atomic E-state index is 0.0765. The topological polar surface area (TPSA) is 33.2 Å². The van der Waals surface area contributed by atoms with Crippen LogP contribution in [0.1, 0.15) is 30.4 Å². The van der Waals surface area contributed by atoms with Gasteiger partial charge in [-0.2, -0.15) is 0 Å². The van der Waals surface area contributed by atoms with Crippen LogP contribution in [0.15, 0.2) is 53.9 Å². The lowest BCUT2D eigenvalue weighted by Gasteiger charge is -2.17. The lowest BCUT2D eigenvalue weighted by Crippen LogP contribution is -2.22. The summed E-state index contributed by atoms with van der Waals surface area (Å²) in [7, 11) is 0. The molecule has 0 saturated carbocycles. The third-order valence-corrected chi connectivity index (χ3v) is 6.02. The summed E-state index contributed by atoms with van der Waals surface area (Å²) in [5.41, 5.74) is 1.60. The maximum Gasteiger partial charge on any atom is 0.230 e. The number of anilines is 2. The van der Waals surface area contributed by atoms with Gasteiger partial charge < -0.3 is 0 Å². The molecule has 0 fully saturated rings. The van der Waals surface area contributed by atoms with Crippen LogP contribution in [0, 0.1) is 11.6 Å². The summed E-state index contributed by atoms with van der Waals surface area (Å²) in [6, 6.07) is 13.2. The maximum absolute atomic E-state index is 13.9. The van der Waals surface area contributed by atoms with Crippen molar-refractivity contribution in [2.24, 2.45) is 0 Å². The molecular formula is C20H18F2N2OS2. The van der Waals surface area contributed by atoms with Gasteiger partial charge in [-0.1, -0.05) is 24.3 Å². The first-order valence-corrected chi connectivity index (χ1v) is 10.3. The first-order valence-electron chi connectivity index (χ1n) is 8.33. The van der Waals surface area contributed by atoms with Crippen LogP contribution in [0.2, 0.25) is 0 Å². The van der Waals surface area contributed by atoms with Gasteiger partial charge in [0.25, 0.3) is 0 Å². The summed E-state index contributed by atoms with van der Waals surface area (Å²) in [5, 5.41) is 2.09. The van der Waals surface area contributed by atoms with E-state index in [4.69, 9.17) is 0 Å². The molecule has 3 nitrogen and oxygen atoms in total. The summed E-state index contributed by atoms with van der Waals surface area (Å²) in [6.45, 7) is 3.26. The molecule has 1 amide bonds. The standard InChI is InChI=1S/C20H18F2N2OS2/c1-13(19-17(21)9-6-10-18(19)22)26-11-15-12-27-20(23-15)24(14(2)25)16-7-4-3-5-8-16/h3-10,12-13H,11H2,1-2H3. The van der Waals surface area contributed by atoms with Gasteiger partial charge in [-0.15, -0.1) is 23.1 Å². The van der Waals surface area contributed by atoms with Crippen LogP contribution in [0.4, 0.5) is 19.6 Å². The van der Waals surface area contributed by atoms with Gasteiger partial charge in [-0.25, -0.2) is 13.8 Å². The number of para-hydroxylation sites is 1. The number of hydrogen-bond donors (Lipinski definition) is 0. The van der Waals surface area contributed by atoms with Crippen LogP contribution in [0.25, 0.3) is 0 Å².